The van der Waals surface area contributed by atoms with Gasteiger partial charge in [0.05, 0.1) is 10.6 Å². The van der Waals surface area contributed by atoms with Gasteiger partial charge in [0.25, 0.3) is 5.91 Å². The van der Waals surface area contributed by atoms with Gasteiger partial charge in [-0.3, -0.25) is 4.79 Å². The summed E-state index contributed by atoms with van der Waals surface area (Å²) in [5, 5.41) is 7.43. The van der Waals surface area contributed by atoms with Gasteiger partial charge in [0.15, 0.2) is 6.61 Å². The van der Waals surface area contributed by atoms with E-state index in [1.807, 2.05) is 0 Å². The van der Waals surface area contributed by atoms with Crippen LogP contribution in [-0.2, 0) is 14.8 Å². The highest BCUT2D eigenvalue weighted by Gasteiger charge is 2.18. The van der Waals surface area contributed by atoms with E-state index in [0.29, 0.717) is 11.4 Å². The molecule has 3 N–H and O–H groups in total. The Labute approximate surface area is 86.1 Å². The fourth-order valence-corrected chi connectivity index (χ4v) is 1.78. The summed E-state index contributed by atoms with van der Waals surface area (Å²) in [6, 6.07) is 4.04. The first-order chi connectivity index (χ1) is 6.97. The zero-order chi connectivity index (χ0) is 11.1. The third kappa shape index (κ3) is 1.92. The Morgan fingerprint density at radius 3 is 2.80 bits per heavy atom. The van der Waals surface area contributed by atoms with Crippen LogP contribution >= 0.6 is 0 Å². The fraction of sp³-hybridized carbons (Fsp3) is 0.125. The molecule has 0 saturated carbocycles. The van der Waals surface area contributed by atoms with Crippen LogP contribution in [0.2, 0.25) is 0 Å². The van der Waals surface area contributed by atoms with Crippen molar-refractivity contribution in [1.29, 1.82) is 0 Å². The first kappa shape index (κ1) is 9.94. The molecule has 1 amide bonds. The Morgan fingerprint density at radius 1 is 1.40 bits per heavy atom. The van der Waals surface area contributed by atoms with E-state index >= 15 is 0 Å². The van der Waals surface area contributed by atoms with Crippen LogP contribution in [0.4, 0.5) is 5.69 Å². The summed E-state index contributed by atoms with van der Waals surface area (Å²) in [5.74, 6) is 0.107. The molecule has 0 aromatic heterocycles. The highest BCUT2D eigenvalue weighted by atomic mass is 32.2. The number of fused-ring (bicyclic) bond motifs is 1. The van der Waals surface area contributed by atoms with Crippen molar-refractivity contribution < 1.29 is 17.9 Å². The number of anilines is 1. The lowest BCUT2D eigenvalue weighted by Gasteiger charge is -2.17. The lowest BCUT2D eigenvalue weighted by Crippen LogP contribution is -2.25. The van der Waals surface area contributed by atoms with E-state index < -0.39 is 10.0 Å². The van der Waals surface area contributed by atoms with Gasteiger partial charge in [-0.1, -0.05) is 0 Å². The van der Waals surface area contributed by atoms with E-state index in [1.54, 1.807) is 0 Å². The standard InChI is InChI=1S/C8H8N2O4S/c9-15(12,13)5-1-2-7-6(3-5)10-8(11)4-14-7/h1-3H,4H2,(H,10,11)(H2,9,12,13). The van der Waals surface area contributed by atoms with Crippen molar-refractivity contribution in [2.75, 3.05) is 11.9 Å². The number of nitrogens with one attached hydrogen (secondary N) is 1. The number of carbonyl (C=O) groups is 1. The Kier molecular flexibility index (Phi) is 2.13. The van der Waals surface area contributed by atoms with Gasteiger partial charge in [0, 0.05) is 0 Å². The molecule has 2 rings (SSSR count). The van der Waals surface area contributed by atoms with Crippen molar-refractivity contribution in [3.05, 3.63) is 18.2 Å². The minimum atomic E-state index is -3.76. The van der Waals surface area contributed by atoms with Gasteiger partial charge in [-0.25, -0.2) is 13.6 Å². The van der Waals surface area contributed by atoms with Crippen molar-refractivity contribution >= 4 is 21.6 Å². The van der Waals surface area contributed by atoms with E-state index in [1.165, 1.54) is 18.2 Å². The summed E-state index contributed by atoms with van der Waals surface area (Å²) in [6.07, 6.45) is 0. The average Bonchev–Trinajstić information content (AvgIpc) is 2.15. The minimum absolute atomic E-state index is 0.0629. The van der Waals surface area contributed by atoms with Gasteiger partial charge < -0.3 is 10.1 Å². The summed E-state index contributed by atoms with van der Waals surface area (Å²) < 4.78 is 27.1. The van der Waals surface area contributed by atoms with Crippen LogP contribution < -0.4 is 15.2 Å². The van der Waals surface area contributed by atoms with E-state index in [9.17, 15) is 13.2 Å². The SMILES string of the molecule is NS(=O)(=O)c1ccc2c(c1)NC(=O)CO2. The lowest BCUT2D eigenvalue weighted by molar-refractivity contribution is -0.118. The molecule has 0 unspecified atom stereocenters. The average molecular weight is 228 g/mol. The monoisotopic (exact) mass is 228 g/mol. The van der Waals surface area contributed by atoms with Gasteiger partial charge >= 0.3 is 0 Å². The quantitative estimate of drug-likeness (QED) is 0.687. The number of hydrogen-bond acceptors (Lipinski definition) is 4. The molecule has 0 bridgehead atoms. The van der Waals surface area contributed by atoms with E-state index in [4.69, 9.17) is 9.88 Å². The van der Waals surface area contributed by atoms with E-state index in [2.05, 4.69) is 5.32 Å². The molecule has 1 aromatic rings. The maximum absolute atomic E-state index is 11.0. The molecule has 0 fully saturated rings. The Morgan fingerprint density at radius 2 is 2.13 bits per heavy atom. The molecule has 80 valence electrons. The first-order valence-electron chi connectivity index (χ1n) is 4.06. The minimum Gasteiger partial charge on any atom is -0.482 e. The van der Waals surface area contributed by atoms with Crippen molar-refractivity contribution in [2.24, 2.45) is 5.14 Å². The van der Waals surface area contributed by atoms with Crippen molar-refractivity contribution in [3.63, 3.8) is 0 Å². The lowest BCUT2D eigenvalue weighted by atomic mass is 10.2. The molecule has 0 saturated heterocycles. The van der Waals surface area contributed by atoms with Gasteiger partial charge in [-0.2, -0.15) is 0 Å². The van der Waals surface area contributed by atoms with Crippen LogP contribution in [0.5, 0.6) is 5.75 Å². The highest BCUT2D eigenvalue weighted by Crippen LogP contribution is 2.29. The Bertz CT molecular complexity index is 523. The second-order valence-electron chi connectivity index (χ2n) is 3.04. The smallest absolute Gasteiger partial charge is 0.262 e. The van der Waals surface area contributed by atoms with E-state index in [0.717, 1.165) is 0 Å². The molecule has 0 atom stereocenters. The van der Waals surface area contributed by atoms with Crippen LogP contribution in [0.3, 0.4) is 0 Å². The van der Waals surface area contributed by atoms with E-state index in [-0.39, 0.29) is 17.4 Å². The number of hydrogen-bond donors (Lipinski definition) is 2. The predicted molar refractivity (Wildman–Crippen MR) is 51.9 cm³/mol. The second kappa shape index (κ2) is 3.21. The molecule has 0 aliphatic carbocycles. The maximum Gasteiger partial charge on any atom is 0.262 e. The molecular weight excluding hydrogens is 220 g/mol. The summed E-state index contributed by atoms with van der Waals surface area (Å²) in [6.45, 7) is -0.0677. The van der Waals surface area contributed by atoms with Crippen LogP contribution in [0.25, 0.3) is 0 Å². The van der Waals surface area contributed by atoms with Gasteiger partial charge in [-0.15, -0.1) is 0 Å². The Hall–Kier alpha value is -1.60. The highest BCUT2D eigenvalue weighted by molar-refractivity contribution is 7.89. The van der Waals surface area contributed by atoms with Gasteiger partial charge in [0.2, 0.25) is 10.0 Å². The third-order valence-electron chi connectivity index (χ3n) is 1.91. The van der Waals surface area contributed by atoms with Gasteiger partial charge in [-0.05, 0) is 18.2 Å². The largest absolute Gasteiger partial charge is 0.482 e. The zero-order valence-corrected chi connectivity index (χ0v) is 8.37. The summed E-state index contributed by atoms with van der Waals surface area (Å²) in [7, 11) is -3.76. The maximum atomic E-state index is 11.0. The predicted octanol–water partition coefficient (Wildman–Crippen LogP) is -0.335. The zero-order valence-electron chi connectivity index (χ0n) is 7.56. The number of nitrogens with two attached hydrogens (primary N) is 1. The summed E-state index contributed by atoms with van der Waals surface area (Å²) in [5.41, 5.74) is 0.317. The Balaban J connectivity index is 2.50. The molecule has 15 heavy (non-hydrogen) atoms. The molecule has 1 aliphatic heterocycles. The van der Waals surface area contributed by atoms with Gasteiger partial charge in [0.1, 0.15) is 5.75 Å². The summed E-state index contributed by atoms with van der Waals surface area (Å²) in [4.78, 5) is 10.9. The molecule has 1 aliphatic rings. The molecule has 1 aromatic carbocycles. The first-order valence-corrected chi connectivity index (χ1v) is 5.61. The third-order valence-corrected chi connectivity index (χ3v) is 2.82. The number of primary sulfonamides is 1. The number of benzene rings is 1. The number of rotatable bonds is 1. The van der Waals surface area contributed by atoms with Crippen molar-refractivity contribution in [3.8, 4) is 5.75 Å². The van der Waals surface area contributed by atoms with Crippen LogP contribution in [-0.4, -0.2) is 20.9 Å². The van der Waals surface area contributed by atoms with Crippen LogP contribution in [0, 0.1) is 0 Å². The number of amides is 1. The number of carbonyl (C=O) groups excluding carboxylic acids is 1. The van der Waals surface area contributed by atoms with Crippen LogP contribution in [0.15, 0.2) is 23.1 Å². The van der Waals surface area contributed by atoms with Crippen molar-refractivity contribution in [1.82, 2.24) is 0 Å². The molecule has 0 radical (unpaired) electrons. The molecule has 7 heteroatoms. The van der Waals surface area contributed by atoms with Crippen LogP contribution in [0.1, 0.15) is 0 Å². The summed E-state index contributed by atoms with van der Waals surface area (Å²) >= 11 is 0. The number of sulfonamides is 1. The van der Waals surface area contributed by atoms with Crippen molar-refractivity contribution in [2.45, 2.75) is 4.90 Å². The second-order valence-corrected chi connectivity index (χ2v) is 4.60. The normalized spacial score (nSPS) is 15.1. The molecule has 0 spiro atoms. The topological polar surface area (TPSA) is 98.5 Å². The molecule has 1 heterocycles. The fourth-order valence-electron chi connectivity index (χ4n) is 1.24. The number of ether oxygens (including phenoxy) is 1. The molecule has 6 nitrogen and oxygen atoms in total. The molecular formula is C8H8N2O4S.